The van der Waals surface area contributed by atoms with Crippen LogP contribution in [-0.4, -0.2) is 52.9 Å². The van der Waals surface area contributed by atoms with E-state index >= 15 is 0 Å². The van der Waals surface area contributed by atoms with E-state index in [0.29, 0.717) is 13.1 Å². The van der Waals surface area contributed by atoms with Crippen LogP contribution in [-0.2, 0) is 20.9 Å². The van der Waals surface area contributed by atoms with E-state index in [1.165, 1.54) is 0 Å². The van der Waals surface area contributed by atoms with Gasteiger partial charge in [0.05, 0.1) is 6.04 Å². The Morgan fingerprint density at radius 1 is 1.30 bits per heavy atom. The molecule has 1 fully saturated rings. The highest BCUT2D eigenvalue weighted by molar-refractivity contribution is 5.86. The molecule has 2 unspecified atom stereocenters. The smallest absolute Gasteiger partial charge is 0.254 e. The van der Waals surface area contributed by atoms with Gasteiger partial charge in [0.15, 0.2) is 6.10 Å². The third-order valence-corrected chi connectivity index (χ3v) is 5.02. The summed E-state index contributed by atoms with van der Waals surface area (Å²) in [6.45, 7) is 4.85. The lowest BCUT2D eigenvalue weighted by molar-refractivity contribution is -0.167. The first-order valence-corrected chi connectivity index (χ1v) is 9.13. The molecule has 0 radical (unpaired) electrons. The van der Waals surface area contributed by atoms with Crippen molar-refractivity contribution in [1.82, 2.24) is 14.8 Å². The van der Waals surface area contributed by atoms with E-state index in [1.807, 2.05) is 50.2 Å². The SMILES string of the molecule is CCN(Cc1cccnc1)C(=O)C1OCC(=O)N(C)C1c1ccccc1C. The number of aromatic nitrogens is 1. The van der Waals surface area contributed by atoms with Gasteiger partial charge in [0.2, 0.25) is 5.91 Å². The van der Waals surface area contributed by atoms with Crippen molar-refractivity contribution in [3.8, 4) is 0 Å². The molecule has 2 heterocycles. The third kappa shape index (κ3) is 4.01. The lowest BCUT2D eigenvalue weighted by Crippen LogP contribution is -2.53. The van der Waals surface area contributed by atoms with Gasteiger partial charge in [-0.2, -0.15) is 0 Å². The zero-order valence-electron chi connectivity index (χ0n) is 16.0. The number of carbonyl (C=O) groups is 2. The monoisotopic (exact) mass is 367 g/mol. The van der Waals surface area contributed by atoms with Crippen molar-refractivity contribution in [3.05, 3.63) is 65.5 Å². The normalized spacial score (nSPS) is 19.8. The maximum atomic E-state index is 13.3. The Hall–Kier alpha value is -2.73. The molecule has 1 aromatic heterocycles. The van der Waals surface area contributed by atoms with E-state index in [-0.39, 0.29) is 18.4 Å². The fourth-order valence-electron chi connectivity index (χ4n) is 3.45. The van der Waals surface area contributed by atoms with Crippen LogP contribution >= 0.6 is 0 Å². The molecule has 2 amide bonds. The Labute approximate surface area is 159 Å². The minimum atomic E-state index is -0.731. The summed E-state index contributed by atoms with van der Waals surface area (Å²) in [5.41, 5.74) is 2.92. The first-order valence-electron chi connectivity index (χ1n) is 9.13. The van der Waals surface area contributed by atoms with Gasteiger partial charge in [-0.15, -0.1) is 0 Å². The highest BCUT2D eigenvalue weighted by Gasteiger charge is 2.42. The highest BCUT2D eigenvalue weighted by atomic mass is 16.5. The van der Waals surface area contributed by atoms with Crippen LogP contribution in [0.5, 0.6) is 0 Å². The summed E-state index contributed by atoms with van der Waals surface area (Å²) in [6.07, 6.45) is 2.73. The lowest BCUT2D eigenvalue weighted by Gasteiger charge is -2.40. The van der Waals surface area contributed by atoms with Crippen LogP contribution in [0.15, 0.2) is 48.8 Å². The third-order valence-electron chi connectivity index (χ3n) is 5.02. The maximum Gasteiger partial charge on any atom is 0.254 e. The number of amides is 2. The number of benzene rings is 1. The Bertz CT molecular complexity index is 809. The number of pyridine rings is 1. The first kappa shape index (κ1) is 19.0. The molecule has 0 aliphatic carbocycles. The predicted molar refractivity (Wildman–Crippen MR) is 102 cm³/mol. The molecule has 3 rings (SSSR count). The van der Waals surface area contributed by atoms with Crippen LogP contribution in [0.3, 0.4) is 0 Å². The van der Waals surface area contributed by atoms with E-state index in [9.17, 15) is 9.59 Å². The van der Waals surface area contributed by atoms with E-state index in [4.69, 9.17) is 4.74 Å². The topological polar surface area (TPSA) is 62.7 Å². The number of nitrogens with zero attached hydrogens (tertiary/aromatic N) is 3. The molecular weight excluding hydrogens is 342 g/mol. The maximum absolute atomic E-state index is 13.3. The van der Waals surface area contributed by atoms with Gasteiger partial charge in [0.25, 0.3) is 5.91 Å². The van der Waals surface area contributed by atoms with Gasteiger partial charge in [0.1, 0.15) is 6.61 Å². The summed E-state index contributed by atoms with van der Waals surface area (Å²) in [7, 11) is 1.74. The molecule has 1 aromatic carbocycles. The predicted octanol–water partition coefficient (Wildman–Crippen LogP) is 2.34. The average molecular weight is 367 g/mol. The van der Waals surface area contributed by atoms with Gasteiger partial charge in [0, 0.05) is 32.5 Å². The number of morpholine rings is 1. The molecule has 0 saturated carbocycles. The minimum absolute atomic E-state index is 0.0836. The van der Waals surface area contributed by atoms with Crippen molar-refractivity contribution in [1.29, 1.82) is 0 Å². The Morgan fingerprint density at radius 2 is 2.07 bits per heavy atom. The molecule has 2 aromatic rings. The fourth-order valence-corrected chi connectivity index (χ4v) is 3.45. The van der Waals surface area contributed by atoms with E-state index in [1.54, 1.807) is 29.2 Å². The van der Waals surface area contributed by atoms with Crippen molar-refractivity contribution in [2.45, 2.75) is 32.5 Å². The number of aryl methyl sites for hydroxylation is 1. The summed E-state index contributed by atoms with van der Waals surface area (Å²) in [5, 5.41) is 0. The summed E-state index contributed by atoms with van der Waals surface area (Å²) in [6, 6.07) is 11.2. The second kappa shape index (κ2) is 8.31. The second-order valence-corrected chi connectivity index (χ2v) is 6.75. The standard InChI is InChI=1S/C21H25N3O3/c1-4-24(13-16-9-7-11-22-12-16)21(26)20-19(23(3)18(25)14-27-20)17-10-6-5-8-15(17)2/h5-12,19-20H,4,13-14H2,1-3H3. The van der Waals surface area contributed by atoms with Crippen LogP contribution in [0.4, 0.5) is 0 Å². The Balaban J connectivity index is 1.90. The largest absolute Gasteiger partial charge is 0.356 e. The van der Waals surface area contributed by atoms with Crippen LogP contribution < -0.4 is 0 Å². The average Bonchev–Trinajstić information content (AvgIpc) is 2.69. The molecule has 6 nitrogen and oxygen atoms in total. The van der Waals surface area contributed by atoms with Gasteiger partial charge >= 0.3 is 0 Å². The Morgan fingerprint density at radius 3 is 2.74 bits per heavy atom. The molecule has 6 heteroatoms. The molecule has 2 atom stereocenters. The van der Waals surface area contributed by atoms with Gasteiger partial charge in [-0.25, -0.2) is 0 Å². The Kier molecular flexibility index (Phi) is 5.86. The van der Waals surface area contributed by atoms with Crippen LogP contribution in [0.25, 0.3) is 0 Å². The molecule has 0 bridgehead atoms. The number of hydrogen-bond donors (Lipinski definition) is 0. The number of ether oxygens (including phenoxy) is 1. The zero-order chi connectivity index (χ0) is 19.4. The summed E-state index contributed by atoms with van der Waals surface area (Å²) < 4.78 is 5.77. The summed E-state index contributed by atoms with van der Waals surface area (Å²) in [4.78, 5) is 33.1. The summed E-state index contributed by atoms with van der Waals surface area (Å²) >= 11 is 0. The van der Waals surface area contributed by atoms with Crippen LogP contribution in [0.2, 0.25) is 0 Å². The molecule has 1 aliphatic heterocycles. The lowest BCUT2D eigenvalue weighted by atomic mass is 9.93. The molecule has 27 heavy (non-hydrogen) atoms. The van der Waals surface area contributed by atoms with E-state index < -0.39 is 12.1 Å². The minimum Gasteiger partial charge on any atom is -0.356 e. The van der Waals surface area contributed by atoms with E-state index in [2.05, 4.69) is 4.98 Å². The van der Waals surface area contributed by atoms with Crippen molar-refractivity contribution in [3.63, 3.8) is 0 Å². The second-order valence-electron chi connectivity index (χ2n) is 6.75. The summed E-state index contributed by atoms with van der Waals surface area (Å²) in [5.74, 6) is -0.239. The zero-order valence-corrected chi connectivity index (χ0v) is 16.0. The van der Waals surface area contributed by atoms with Crippen molar-refractivity contribution in [2.75, 3.05) is 20.2 Å². The number of likely N-dealkylation sites (N-methyl/N-ethyl adjacent to an activating group) is 2. The van der Waals surface area contributed by atoms with Crippen LogP contribution in [0.1, 0.15) is 29.7 Å². The van der Waals surface area contributed by atoms with E-state index in [0.717, 1.165) is 16.7 Å². The number of hydrogen-bond acceptors (Lipinski definition) is 4. The van der Waals surface area contributed by atoms with Crippen molar-refractivity contribution in [2.24, 2.45) is 0 Å². The number of rotatable bonds is 5. The van der Waals surface area contributed by atoms with Crippen LogP contribution in [0, 0.1) is 6.92 Å². The quantitative estimate of drug-likeness (QED) is 0.814. The molecule has 0 spiro atoms. The van der Waals surface area contributed by atoms with Gasteiger partial charge < -0.3 is 14.5 Å². The molecule has 1 saturated heterocycles. The van der Waals surface area contributed by atoms with Gasteiger partial charge in [-0.3, -0.25) is 14.6 Å². The molecule has 142 valence electrons. The highest BCUT2D eigenvalue weighted by Crippen LogP contribution is 2.32. The molecule has 0 N–H and O–H groups in total. The molecule has 1 aliphatic rings. The fraction of sp³-hybridized carbons (Fsp3) is 0.381. The molecular formula is C21H25N3O3. The van der Waals surface area contributed by atoms with Gasteiger partial charge in [-0.1, -0.05) is 30.3 Å². The van der Waals surface area contributed by atoms with Crippen molar-refractivity contribution >= 4 is 11.8 Å². The number of carbonyl (C=O) groups excluding carboxylic acids is 2. The van der Waals surface area contributed by atoms with Gasteiger partial charge in [-0.05, 0) is 36.6 Å². The first-order chi connectivity index (χ1) is 13.0. The van der Waals surface area contributed by atoms with Crippen molar-refractivity contribution < 1.29 is 14.3 Å².